The molecular formula is C26H23F2N3O2. The van der Waals surface area contributed by atoms with Gasteiger partial charge >= 0.3 is 0 Å². The SMILES string of the molecule is O=C(NCCc1ccccc1)c1cn(Cc2cccc(F)c2)nc1OCc1cccc(F)c1. The number of carbonyl (C=O) groups excluding carboxylic acids is 1. The number of rotatable bonds is 9. The molecule has 0 fully saturated rings. The minimum absolute atomic E-state index is 0.0546. The number of nitrogens with one attached hydrogen (secondary N) is 1. The number of amides is 1. The van der Waals surface area contributed by atoms with E-state index in [0.29, 0.717) is 24.1 Å². The van der Waals surface area contributed by atoms with Crippen molar-refractivity contribution in [3.63, 3.8) is 0 Å². The molecule has 0 spiro atoms. The lowest BCUT2D eigenvalue weighted by atomic mass is 10.1. The Labute approximate surface area is 190 Å². The molecule has 0 atom stereocenters. The van der Waals surface area contributed by atoms with Gasteiger partial charge < -0.3 is 10.1 Å². The molecule has 33 heavy (non-hydrogen) atoms. The van der Waals surface area contributed by atoms with E-state index in [4.69, 9.17) is 4.74 Å². The Kier molecular flexibility index (Phi) is 7.09. The van der Waals surface area contributed by atoms with Crippen molar-refractivity contribution in [3.8, 4) is 5.88 Å². The van der Waals surface area contributed by atoms with Crippen LogP contribution >= 0.6 is 0 Å². The molecular weight excluding hydrogens is 424 g/mol. The summed E-state index contributed by atoms with van der Waals surface area (Å²) in [6.45, 7) is 0.770. The summed E-state index contributed by atoms with van der Waals surface area (Å²) in [6, 6.07) is 22.0. The van der Waals surface area contributed by atoms with Crippen LogP contribution < -0.4 is 10.1 Å². The predicted octanol–water partition coefficient (Wildman–Crippen LogP) is 4.76. The summed E-state index contributed by atoms with van der Waals surface area (Å²) in [7, 11) is 0. The van der Waals surface area contributed by atoms with E-state index in [1.807, 2.05) is 30.3 Å². The number of nitrogens with zero attached hydrogens (tertiary/aromatic N) is 2. The zero-order chi connectivity index (χ0) is 23.0. The highest BCUT2D eigenvalue weighted by Crippen LogP contribution is 2.19. The topological polar surface area (TPSA) is 56.2 Å². The van der Waals surface area contributed by atoms with Crippen LogP contribution in [0.15, 0.2) is 85.1 Å². The molecule has 0 unspecified atom stereocenters. The summed E-state index contributed by atoms with van der Waals surface area (Å²) in [6.07, 6.45) is 2.26. The number of aromatic nitrogens is 2. The van der Waals surface area contributed by atoms with E-state index in [2.05, 4.69) is 10.4 Å². The second kappa shape index (κ2) is 10.5. The third-order valence-corrected chi connectivity index (χ3v) is 5.01. The second-order valence-electron chi connectivity index (χ2n) is 7.59. The molecule has 1 N–H and O–H groups in total. The van der Waals surface area contributed by atoms with Gasteiger partial charge in [0.2, 0.25) is 5.88 Å². The first-order valence-corrected chi connectivity index (χ1v) is 10.6. The largest absolute Gasteiger partial charge is 0.471 e. The first-order valence-electron chi connectivity index (χ1n) is 10.6. The van der Waals surface area contributed by atoms with Crippen molar-refractivity contribution in [3.05, 3.63) is 119 Å². The van der Waals surface area contributed by atoms with Crippen LogP contribution in [0.3, 0.4) is 0 Å². The first kappa shape index (κ1) is 22.2. The van der Waals surface area contributed by atoms with E-state index in [9.17, 15) is 13.6 Å². The quantitative estimate of drug-likeness (QED) is 0.403. The Hall–Kier alpha value is -4.00. The maximum absolute atomic E-state index is 13.6. The third-order valence-electron chi connectivity index (χ3n) is 5.01. The summed E-state index contributed by atoms with van der Waals surface area (Å²) < 4.78 is 34.3. The third kappa shape index (κ3) is 6.26. The van der Waals surface area contributed by atoms with E-state index < -0.39 is 0 Å². The zero-order valence-corrected chi connectivity index (χ0v) is 17.9. The molecule has 1 amide bonds. The molecule has 0 radical (unpaired) electrons. The molecule has 0 aliphatic heterocycles. The summed E-state index contributed by atoms with van der Waals surface area (Å²) in [5.74, 6) is -0.911. The van der Waals surface area contributed by atoms with Gasteiger partial charge in [0.05, 0.1) is 6.54 Å². The van der Waals surface area contributed by atoms with E-state index in [1.165, 1.54) is 28.9 Å². The van der Waals surface area contributed by atoms with Crippen LogP contribution in [0.1, 0.15) is 27.0 Å². The Morgan fingerprint density at radius 3 is 2.27 bits per heavy atom. The van der Waals surface area contributed by atoms with Crippen molar-refractivity contribution >= 4 is 5.91 Å². The van der Waals surface area contributed by atoms with Crippen LogP contribution in [-0.2, 0) is 19.6 Å². The van der Waals surface area contributed by atoms with Crippen LogP contribution in [-0.4, -0.2) is 22.2 Å². The maximum Gasteiger partial charge on any atom is 0.258 e. The number of hydrogen-bond donors (Lipinski definition) is 1. The summed E-state index contributed by atoms with van der Waals surface area (Å²) >= 11 is 0. The fourth-order valence-corrected chi connectivity index (χ4v) is 3.41. The lowest BCUT2D eigenvalue weighted by molar-refractivity contribution is 0.0949. The predicted molar refractivity (Wildman–Crippen MR) is 121 cm³/mol. The average Bonchev–Trinajstić information content (AvgIpc) is 3.21. The normalized spacial score (nSPS) is 10.7. The van der Waals surface area contributed by atoms with E-state index in [1.54, 1.807) is 30.5 Å². The molecule has 168 valence electrons. The lowest BCUT2D eigenvalue weighted by Gasteiger charge is -2.07. The summed E-state index contributed by atoms with van der Waals surface area (Å²) in [4.78, 5) is 12.9. The number of benzene rings is 3. The van der Waals surface area contributed by atoms with Gasteiger partial charge in [-0.3, -0.25) is 9.48 Å². The zero-order valence-electron chi connectivity index (χ0n) is 17.9. The fourth-order valence-electron chi connectivity index (χ4n) is 3.41. The Balaban J connectivity index is 1.49. The highest BCUT2D eigenvalue weighted by molar-refractivity contribution is 5.96. The second-order valence-corrected chi connectivity index (χ2v) is 7.59. The van der Waals surface area contributed by atoms with Crippen LogP contribution in [0.25, 0.3) is 0 Å². The van der Waals surface area contributed by atoms with Gasteiger partial charge in [0.1, 0.15) is 23.8 Å². The highest BCUT2D eigenvalue weighted by Gasteiger charge is 2.18. The molecule has 0 aliphatic carbocycles. The monoisotopic (exact) mass is 447 g/mol. The maximum atomic E-state index is 13.6. The molecule has 1 heterocycles. The average molecular weight is 447 g/mol. The van der Waals surface area contributed by atoms with Crippen LogP contribution in [0.2, 0.25) is 0 Å². The van der Waals surface area contributed by atoms with E-state index in [-0.39, 0.29) is 42.1 Å². The van der Waals surface area contributed by atoms with Crippen LogP contribution in [0.4, 0.5) is 8.78 Å². The van der Waals surface area contributed by atoms with Crippen molar-refractivity contribution in [1.82, 2.24) is 15.1 Å². The summed E-state index contributed by atoms with van der Waals surface area (Å²) in [5, 5.41) is 7.27. The Bertz CT molecular complexity index is 1230. The van der Waals surface area contributed by atoms with Crippen LogP contribution in [0, 0.1) is 11.6 Å². The number of hydrogen-bond acceptors (Lipinski definition) is 3. The number of carbonyl (C=O) groups is 1. The minimum Gasteiger partial charge on any atom is -0.471 e. The molecule has 0 saturated carbocycles. The van der Waals surface area contributed by atoms with Gasteiger partial charge in [-0.15, -0.1) is 5.10 Å². The van der Waals surface area contributed by atoms with Gasteiger partial charge in [0.15, 0.2) is 0 Å². The van der Waals surface area contributed by atoms with Crippen molar-refractivity contribution in [1.29, 1.82) is 0 Å². The highest BCUT2D eigenvalue weighted by atomic mass is 19.1. The lowest BCUT2D eigenvalue weighted by Crippen LogP contribution is -2.25. The van der Waals surface area contributed by atoms with Gasteiger partial charge in [0, 0.05) is 12.7 Å². The van der Waals surface area contributed by atoms with Gasteiger partial charge in [-0.1, -0.05) is 54.6 Å². The summed E-state index contributed by atoms with van der Waals surface area (Å²) in [5.41, 5.74) is 2.69. The standard InChI is InChI=1S/C26H23F2N3O2/c27-22-10-4-8-20(14-22)16-31-17-24(25(32)29-13-12-19-6-2-1-3-7-19)26(30-31)33-18-21-9-5-11-23(28)15-21/h1-11,14-15,17H,12-13,16,18H2,(H,29,32). The molecule has 7 heteroatoms. The van der Waals surface area contributed by atoms with E-state index >= 15 is 0 Å². The Morgan fingerprint density at radius 1 is 0.879 bits per heavy atom. The molecule has 4 aromatic rings. The first-order chi connectivity index (χ1) is 16.1. The van der Waals surface area contributed by atoms with Gasteiger partial charge in [0.25, 0.3) is 5.91 Å². The van der Waals surface area contributed by atoms with Crippen LogP contribution in [0.5, 0.6) is 5.88 Å². The van der Waals surface area contributed by atoms with Crippen molar-refractivity contribution in [2.75, 3.05) is 6.54 Å². The molecule has 3 aromatic carbocycles. The fraction of sp³-hybridized carbons (Fsp3) is 0.154. The van der Waals surface area contributed by atoms with Gasteiger partial charge in [-0.25, -0.2) is 8.78 Å². The Morgan fingerprint density at radius 2 is 1.55 bits per heavy atom. The van der Waals surface area contributed by atoms with E-state index in [0.717, 1.165) is 5.56 Å². The van der Waals surface area contributed by atoms with Crippen molar-refractivity contribution < 1.29 is 18.3 Å². The minimum atomic E-state index is -0.369. The van der Waals surface area contributed by atoms with Gasteiger partial charge in [-0.05, 0) is 47.4 Å². The molecule has 0 bridgehead atoms. The molecule has 4 rings (SSSR count). The molecule has 0 saturated heterocycles. The molecule has 1 aromatic heterocycles. The van der Waals surface area contributed by atoms with Crippen molar-refractivity contribution in [2.45, 2.75) is 19.6 Å². The molecule has 5 nitrogen and oxygen atoms in total. The number of ether oxygens (including phenoxy) is 1. The molecule has 0 aliphatic rings. The smallest absolute Gasteiger partial charge is 0.258 e. The van der Waals surface area contributed by atoms with Gasteiger partial charge in [-0.2, -0.15) is 0 Å². The van der Waals surface area contributed by atoms with Crippen molar-refractivity contribution in [2.24, 2.45) is 0 Å². The number of halogens is 2.